The number of benzene rings is 2. The van der Waals surface area contributed by atoms with Gasteiger partial charge in [-0.25, -0.2) is 0 Å². The van der Waals surface area contributed by atoms with Gasteiger partial charge in [0.05, 0.1) is 0 Å². The molecule has 0 saturated heterocycles. The van der Waals surface area contributed by atoms with Gasteiger partial charge in [0.1, 0.15) is 11.2 Å². The van der Waals surface area contributed by atoms with Crippen molar-refractivity contribution in [2.24, 2.45) is 11.3 Å². The lowest BCUT2D eigenvalue weighted by Crippen LogP contribution is -2.59. The molecule has 1 saturated carbocycles. The van der Waals surface area contributed by atoms with Crippen LogP contribution in [0.25, 0.3) is 0 Å². The fraction of sp³-hybridized carbons (Fsp3) is 0.364. The number of hydrogen-bond donors (Lipinski definition) is 0. The summed E-state index contributed by atoms with van der Waals surface area (Å²) in [5, 5.41) is 0. The monoisotopic (exact) mass is 334 g/mol. The normalized spacial score (nSPS) is 26.8. The SMILES string of the molecule is CCCC[C@H]1C[C@]2(C(=O)c3ccccc3)C(=O)Oc3ccccc3[C@H]12. The molecule has 0 amide bonds. The molecule has 1 fully saturated rings. The van der Waals surface area contributed by atoms with Crippen LogP contribution in [0.15, 0.2) is 54.6 Å². The summed E-state index contributed by atoms with van der Waals surface area (Å²) in [5.74, 6) is 0.448. The first kappa shape index (κ1) is 16.1. The lowest BCUT2D eigenvalue weighted by atomic mass is 9.47. The maximum absolute atomic E-state index is 13.3. The molecule has 0 unspecified atom stereocenters. The van der Waals surface area contributed by atoms with Crippen molar-refractivity contribution in [2.75, 3.05) is 0 Å². The van der Waals surface area contributed by atoms with Crippen LogP contribution in [0.3, 0.4) is 0 Å². The highest BCUT2D eigenvalue weighted by Gasteiger charge is 2.66. The second-order valence-corrected chi connectivity index (χ2v) is 7.18. The molecular formula is C22H22O3. The van der Waals surface area contributed by atoms with Crippen molar-refractivity contribution in [1.82, 2.24) is 0 Å². The van der Waals surface area contributed by atoms with E-state index in [1.807, 2.05) is 42.5 Å². The third-order valence-corrected chi connectivity index (χ3v) is 5.78. The molecule has 0 N–H and O–H groups in total. The molecule has 1 aliphatic heterocycles. The number of ether oxygens (including phenoxy) is 1. The number of ketones is 1. The van der Waals surface area contributed by atoms with Gasteiger partial charge in [0.2, 0.25) is 0 Å². The Morgan fingerprint density at radius 3 is 2.60 bits per heavy atom. The topological polar surface area (TPSA) is 43.4 Å². The Bertz CT molecular complexity index is 811. The van der Waals surface area contributed by atoms with E-state index in [0.717, 1.165) is 24.8 Å². The van der Waals surface area contributed by atoms with E-state index in [9.17, 15) is 9.59 Å². The quantitative estimate of drug-likeness (QED) is 0.342. The van der Waals surface area contributed by atoms with Crippen molar-refractivity contribution in [3.8, 4) is 5.75 Å². The minimum Gasteiger partial charge on any atom is -0.425 e. The predicted octanol–water partition coefficient (Wildman–Crippen LogP) is 4.77. The van der Waals surface area contributed by atoms with Gasteiger partial charge in [-0.3, -0.25) is 9.59 Å². The molecule has 0 spiro atoms. The maximum Gasteiger partial charge on any atom is 0.326 e. The molecule has 2 aliphatic rings. The number of hydrogen-bond acceptors (Lipinski definition) is 3. The zero-order valence-corrected chi connectivity index (χ0v) is 14.4. The van der Waals surface area contributed by atoms with Gasteiger partial charge in [-0.15, -0.1) is 0 Å². The number of esters is 1. The van der Waals surface area contributed by atoms with Crippen LogP contribution in [0, 0.1) is 11.3 Å². The number of carbonyl (C=O) groups is 2. The summed E-state index contributed by atoms with van der Waals surface area (Å²) in [7, 11) is 0. The predicted molar refractivity (Wildman–Crippen MR) is 95.7 cm³/mol. The zero-order valence-electron chi connectivity index (χ0n) is 14.4. The highest BCUT2D eigenvalue weighted by atomic mass is 16.5. The summed E-state index contributed by atoms with van der Waals surface area (Å²) < 4.78 is 5.60. The van der Waals surface area contributed by atoms with Crippen LogP contribution in [-0.4, -0.2) is 11.8 Å². The molecule has 3 nitrogen and oxygen atoms in total. The highest BCUT2D eigenvalue weighted by molar-refractivity contribution is 6.15. The minimum atomic E-state index is -1.05. The van der Waals surface area contributed by atoms with Gasteiger partial charge in [-0.2, -0.15) is 0 Å². The van der Waals surface area contributed by atoms with Crippen LogP contribution in [0.1, 0.15) is 54.4 Å². The summed E-state index contributed by atoms with van der Waals surface area (Å²) >= 11 is 0. The van der Waals surface area contributed by atoms with Gasteiger partial charge < -0.3 is 4.74 Å². The Morgan fingerprint density at radius 2 is 1.84 bits per heavy atom. The molecule has 128 valence electrons. The number of Topliss-reactive ketones (excluding diaryl/α,β-unsaturated/α-hetero) is 1. The molecule has 1 heterocycles. The number of fused-ring (bicyclic) bond motifs is 3. The van der Waals surface area contributed by atoms with E-state index in [2.05, 4.69) is 6.92 Å². The van der Waals surface area contributed by atoms with Crippen LogP contribution in [0.4, 0.5) is 0 Å². The second-order valence-electron chi connectivity index (χ2n) is 7.18. The number of rotatable bonds is 5. The summed E-state index contributed by atoms with van der Waals surface area (Å²) in [6.07, 6.45) is 3.88. The first-order chi connectivity index (χ1) is 12.2. The molecule has 4 rings (SSSR count). The first-order valence-corrected chi connectivity index (χ1v) is 9.09. The average Bonchev–Trinajstić information content (AvgIpc) is 2.62. The van der Waals surface area contributed by atoms with Crippen molar-refractivity contribution in [1.29, 1.82) is 0 Å². The molecule has 0 bridgehead atoms. The first-order valence-electron chi connectivity index (χ1n) is 9.09. The second kappa shape index (κ2) is 6.14. The van der Waals surface area contributed by atoms with Crippen molar-refractivity contribution in [3.63, 3.8) is 0 Å². The van der Waals surface area contributed by atoms with Crippen LogP contribution in [0.5, 0.6) is 5.75 Å². The summed E-state index contributed by atoms with van der Waals surface area (Å²) in [5.41, 5.74) is 0.560. The number of unbranched alkanes of at least 4 members (excludes halogenated alkanes) is 1. The van der Waals surface area contributed by atoms with E-state index in [-0.39, 0.29) is 17.7 Å². The van der Waals surface area contributed by atoms with Crippen LogP contribution < -0.4 is 4.74 Å². The Morgan fingerprint density at radius 1 is 1.12 bits per heavy atom. The summed E-state index contributed by atoms with van der Waals surface area (Å²) in [4.78, 5) is 26.3. The van der Waals surface area contributed by atoms with Crippen molar-refractivity contribution < 1.29 is 14.3 Å². The van der Waals surface area contributed by atoms with Gasteiger partial charge in [0.25, 0.3) is 0 Å². The minimum absolute atomic E-state index is 0.0655. The van der Waals surface area contributed by atoms with E-state index < -0.39 is 5.41 Å². The fourth-order valence-electron chi connectivity index (χ4n) is 4.56. The largest absolute Gasteiger partial charge is 0.425 e. The van der Waals surface area contributed by atoms with Crippen molar-refractivity contribution in [3.05, 3.63) is 65.7 Å². The van der Waals surface area contributed by atoms with Gasteiger partial charge in [-0.1, -0.05) is 68.3 Å². The Kier molecular flexibility index (Phi) is 3.95. The third kappa shape index (κ3) is 2.33. The standard InChI is InChI=1S/C22H22O3/c1-2-3-9-16-14-22(20(23)15-10-5-4-6-11-15)19(16)17-12-7-8-13-18(17)25-21(22)24/h4-8,10-13,16,19H,2-3,9,14H2,1H3/t16-,19-,22-/m0/s1. The molecule has 3 atom stereocenters. The average molecular weight is 334 g/mol. The highest BCUT2D eigenvalue weighted by Crippen LogP contribution is 2.64. The Balaban J connectivity index is 1.78. The summed E-state index contributed by atoms with van der Waals surface area (Å²) in [6.45, 7) is 2.17. The lowest BCUT2D eigenvalue weighted by molar-refractivity contribution is -0.156. The molecule has 0 aromatic heterocycles. The zero-order chi connectivity index (χ0) is 17.4. The fourth-order valence-corrected chi connectivity index (χ4v) is 4.56. The smallest absolute Gasteiger partial charge is 0.326 e. The molecule has 25 heavy (non-hydrogen) atoms. The van der Waals surface area contributed by atoms with Gasteiger partial charge in [-0.05, 0) is 30.4 Å². The molecule has 0 radical (unpaired) electrons. The third-order valence-electron chi connectivity index (χ3n) is 5.78. The number of para-hydroxylation sites is 1. The molecular weight excluding hydrogens is 312 g/mol. The van der Waals surface area contributed by atoms with E-state index in [1.54, 1.807) is 12.1 Å². The van der Waals surface area contributed by atoms with E-state index in [4.69, 9.17) is 4.74 Å². The molecule has 1 aliphatic carbocycles. The van der Waals surface area contributed by atoms with Crippen molar-refractivity contribution >= 4 is 11.8 Å². The van der Waals surface area contributed by atoms with Crippen LogP contribution in [0.2, 0.25) is 0 Å². The lowest BCUT2D eigenvalue weighted by Gasteiger charge is -2.54. The van der Waals surface area contributed by atoms with E-state index in [0.29, 0.717) is 23.7 Å². The van der Waals surface area contributed by atoms with Gasteiger partial charge in [0.15, 0.2) is 5.78 Å². The van der Waals surface area contributed by atoms with Gasteiger partial charge in [0, 0.05) is 11.5 Å². The Hall–Kier alpha value is -2.42. The Labute approximate surface area is 148 Å². The molecule has 2 aromatic rings. The summed E-state index contributed by atoms with van der Waals surface area (Å²) in [6, 6.07) is 16.8. The number of carbonyl (C=O) groups excluding carboxylic acids is 2. The maximum atomic E-state index is 13.3. The molecule has 2 aromatic carbocycles. The van der Waals surface area contributed by atoms with Gasteiger partial charge >= 0.3 is 5.97 Å². The van der Waals surface area contributed by atoms with Crippen molar-refractivity contribution in [2.45, 2.75) is 38.5 Å². The molecule has 3 heteroatoms. The van der Waals surface area contributed by atoms with Crippen LogP contribution in [-0.2, 0) is 4.79 Å². The van der Waals surface area contributed by atoms with Crippen LogP contribution >= 0.6 is 0 Å². The van der Waals surface area contributed by atoms with E-state index in [1.165, 1.54) is 0 Å². The van der Waals surface area contributed by atoms with E-state index >= 15 is 0 Å².